The first-order chi connectivity index (χ1) is 17.2. The van der Waals surface area contributed by atoms with Crippen LogP contribution in [0.4, 0.5) is 22.1 Å². The Morgan fingerprint density at radius 2 is 1.49 bits per heavy atom. The predicted octanol–water partition coefficient (Wildman–Crippen LogP) is 3.58. The molecule has 2 saturated heterocycles. The van der Waals surface area contributed by atoms with Gasteiger partial charge in [0.15, 0.2) is 5.82 Å². The number of urea groups is 1. The highest BCUT2D eigenvalue weighted by Gasteiger charge is 2.21. The Labute approximate surface area is 203 Å². The van der Waals surface area contributed by atoms with E-state index in [1.807, 2.05) is 54.6 Å². The quantitative estimate of drug-likeness (QED) is 0.556. The number of rotatable bonds is 6. The fourth-order valence-electron chi connectivity index (χ4n) is 3.89. The molecule has 2 N–H and O–H groups in total. The molecule has 0 radical (unpaired) electrons. The summed E-state index contributed by atoms with van der Waals surface area (Å²) in [6, 6.07) is 16.7. The Kier molecular flexibility index (Phi) is 7.30. The normalized spacial score (nSPS) is 16.5. The van der Waals surface area contributed by atoms with E-state index >= 15 is 0 Å². The number of nitrogens with one attached hydrogen (secondary N) is 2. The second-order valence-electron chi connectivity index (χ2n) is 8.29. The molecule has 2 fully saturated rings. The number of hydrogen-bond donors (Lipinski definition) is 2. The van der Waals surface area contributed by atoms with Crippen LogP contribution in [0.1, 0.15) is 12.8 Å². The van der Waals surface area contributed by atoms with E-state index in [4.69, 9.17) is 19.2 Å². The number of carbonyl (C=O) groups excluding carboxylic acids is 1. The molecule has 0 atom stereocenters. The van der Waals surface area contributed by atoms with Gasteiger partial charge in [-0.2, -0.15) is 15.0 Å². The number of para-hydroxylation sites is 1. The third-order valence-corrected chi connectivity index (χ3v) is 5.77. The predicted molar refractivity (Wildman–Crippen MR) is 132 cm³/mol. The third kappa shape index (κ3) is 6.23. The standard InChI is InChI=1S/C25H28N6O4/c32-24(26-19-4-2-1-3-5-19)27-20-8-6-18(7-9-20)22-28-23(31-12-16-34-17-13-31)30-25(29-22)35-21-10-14-33-15-11-21/h1-9,21H,10-17H2,(H2,26,27,32). The van der Waals surface area contributed by atoms with Crippen molar-refractivity contribution in [3.05, 3.63) is 54.6 Å². The van der Waals surface area contributed by atoms with Gasteiger partial charge in [0.1, 0.15) is 6.10 Å². The largest absolute Gasteiger partial charge is 0.460 e. The van der Waals surface area contributed by atoms with E-state index < -0.39 is 0 Å². The second kappa shape index (κ2) is 11.1. The SMILES string of the molecule is O=C(Nc1ccccc1)Nc1ccc(-c2nc(OC3CCOCC3)nc(N3CCOCC3)n2)cc1. The Hall–Kier alpha value is -3.76. The summed E-state index contributed by atoms with van der Waals surface area (Å²) in [7, 11) is 0. The van der Waals surface area contributed by atoms with Crippen molar-refractivity contribution >= 4 is 23.4 Å². The molecule has 182 valence electrons. The molecule has 0 bridgehead atoms. The van der Waals surface area contributed by atoms with Crippen molar-refractivity contribution in [2.75, 3.05) is 55.1 Å². The number of anilines is 3. The number of hydrogen-bond acceptors (Lipinski definition) is 8. The van der Waals surface area contributed by atoms with Crippen molar-refractivity contribution in [1.82, 2.24) is 15.0 Å². The summed E-state index contributed by atoms with van der Waals surface area (Å²) in [5.41, 5.74) is 2.18. The molecule has 0 spiro atoms. The van der Waals surface area contributed by atoms with Crippen LogP contribution in [0.25, 0.3) is 11.4 Å². The molecule has 35 heavy (non-hydrogen) atoms. The second-order valence-corrected chi connectivity index (χ2v) is 8.29. The maximum Gasteiger partial charge on any atom is 0.323 e. The summed E-state index contributed by atoms with van der Waals surface area (Å²) >= 11 is 0. The molecular weight excluding hydrogens is 448 g/mol. The van der Waals surface area contributed by atoms with E-state index in [2.05, 4.69) is 25.5 Å². The van der Waals surface area contributed by atoms with E-state index in [1.165, 1.54) is 0 Å². The lowest BCUT2D eigenvalue weighted by atomic mass is 10.2. The van der Waals surface area contributed by atoms with Crippen LogP contribution in [-0.2, 0) is 9.47 Å². The fourth-order valence-corrected chi connectivity index (χ4v) is 3.89. The van der Waals surface area contributed by atoms with Gasteiger partial charge in [0, 0.05) is 42.9 Å². The van der Waals surface area contributed by atoms with Crippen LogP contribution in [0, 0.1) is 0 Å². The molecule has 0 saturated carbocycles. The van der Waals surface area contributed by atoms with Crippen molar-refractivity contribution in [2.24, 2.45) is 0 Å². The molecule has 0 unspecified atom stereocenters. The highest BCUT2D eigenvalue weighted by Crippen LogP contribution is 2.24. The van der Waals surface area contributed by atoms with Crippen LogP contribution in [0.2, 0.25) is 0 Å². The zero-order chi connectivity index (χ0) is 23.9. The van der Waals surface area contributed by atoms with Gasteiger partial charge in [0.25, 0.3) is 0 Å². The van der Waals surface area contributed by atoms with E-state index in [9.17, 15) is 4.79 Å². The Morgan fingerprint density at radius 3 is 2.20 bits per heavy atom. The number of amides is 2. The smallest absolute Gasteiger partial charge is 0.323 e. The van der Waals surface area contributed by atoms with Crippen LogP contribution in [0.15, 0.2) is 54.6 Å². The maximum atomic E-state index is 12.3. The summed E-state index contributed by atoms with van der Waals surface area (Å²) in [5, 5.41) is 5.64. The topological polar surface area (TPSA) is 111 Å². The first-order valence-electron chi connectivity index (χ1n) is 11.8. The molecule has 10 nitrogen and oxygen atoms in total. The van der Waals surface area contributed by atoms with Crippen LogP contribution < -0.4 is 20.3 Å². The molecule has 1 aromatic heterocycles. The molecule has 2 aromatic carbocycles. The lowest BCUT2D eigenvalue weighted by molar-refractivity contribution is 0.0217. The maximum absolute atomic E-state index is 12.3. The van der Waals surface area contributed by atoms with Gasteiger partial charge in [-0.3, -0.25) is 0 Å². The summed E-state index contributed by atoms with van der Waals surface area (Å²) in [6.07, 6.45) is 1.63. The minimum absolute atomic E-state index is 0.0197. The summed E-state index contributed by atoms with van der Waals surface area (Å²) in [6.45, 7) is 4.01. The zero-order valence-electron chi connectivity index (χ0n) is 19.4. The van der Waals surface area contributed by atoms with E-state index in [1.54, 1.807) is 0 Å². The molecule has 2 amide bonds. The lowest BCUT2D eigenvalue weighted by Gasteiger charge is -2.27. The molecule has 2 aliphatic rings. The average molecular weight is 477 g/mol. The number of morpholine rings is 1. The van der Waals surface area contributed by atoms with E-state index in [0.29, 0.717) is 63.0 Å². The van der Waals surface area contributed by atoms with Gasteiger partial charge in [-0.1, -0.05) is 18.2 Å². The van der Waals surface area contributed by atoms with Gasteiger partial charge in [-0.15, -0.1) is 0 Å². The Balaban J connectivity index is 1.33. The molecule has 3 heterocycles. The molecule has 0 aliphatic carbocycles. The van der Waals surface area contributed by atoms with Gasteiger partial charge < -0.3 is 29.7 Å². The lowest BCUT2D eigenvalue weighted by Crippen LogP contribution is -2.37. The van der Waals surface area contributed by atoms with E-state index in [0.717, 1.165) is 24.1 Å². The van der Waals surface area contributed by atoms with Crippen LogP contribution >= 0.6 is 0 Å². The number of nitrogens with zero attached hydrogens (tertiary/aromatic N) is 4. The molecule has 3 aromatic rings. The molecule has 2 aliphatic heterocycles. The van der Waals surface area contributed by atoms with Gasteiger partial charge >= 0.3 is 12.0 Å². The summed E-state index contributed by atoms with van der Waals surface area (Å²) < 4.78 is 17.0. The fraction of sp³-hybridized carbons (Fsp3) is 0.360. The van der Waals surface area contributed by atoms with Gasteiger partial charge in [-0.05, 0) is 36.4 Å². The Morgan fingerprint density at radius 1 is 0.829 bits per heavy atom. The third-order valence-electron chi connectivity index (χ3n) is 5.77. The van der Waals surface area contributed by atoms with Gasteiger partial charge in [0.05, 0.1) is 26.4 Å². The monoisotopic (exact) mass is 476 g/mol. The molecular formula is C25H28N6O4. The Bertz CT molecular complexity index is 1120. The number of ether oxygens (including phenoxy) is 3. The summed E-state index contributed by atoms with van der Waals surface area (Å²) in [4.78, 5) is 28.3. The minimum atomic E-state index is -0.314. The number of aromatic nitrogens is 3. The average Bonchev–Trinajstić information content (AvgIpc) is 2.90. The van der Waals surface area contributed by atoms with Crippen LogP contribution in [-0.4, -0.2) is 66.6 Å². The first kappa shape index (κ1) is 23.0. The van der Waals surface area contributed by atoms with Crippen molar-refractivity contribution in [1.29, 1.82) is 0 Å². The molecule has 5 rings (SSSR count). The van der Waals surface area contributed by atoms with Crippen molar-refractivity contribution in [3.8, 4) is 17.4 Å². The van der Waals surface area contributed by atoms with Gasteiger partial charge in [-0.25, -0.2) is 4.79 Å². The highest BCUT2D eigenvalue weighted by molar-refractivity contribution is 5.99. The van der Waals surface area contributed by atoms with E-state index in [-0.39, 0.29) is 12.1 Å². The van der Waals surface area contributed by atoms with Crippen molar-refractivity contribution in [3.63, 3.8) is 0 Å². The number of benzene rings is 2. The minimum Gasteiger partial charge on any atom is -0.460 e. The first-order valence-corrected chi connectivity index (χ1v) is 11.8. The van der Waals surface area contributed by atoms with Crippen molar-refractivity contribution in [2.45, 2.75) is 18.9 Å². The molecule has 10 heteroatoms. The number of carbonyl (C=O) groups is 1. The zero-order valence-corrected chi connectivity index (χ0v) is 19.4. The van der Waals surface area contributed by atoms with Crippen molar-refractivity contribution < 1.29 is 19.0 Å². The van der Waals surface area contributed by atoms with Gasteiger partial charge in [0.2, 0.25) is 5.95 Å². The summed E-state index contributed by atoms with van der Waals surface area (Å²) in [5.74, 6) is 1.09. The van der Waals surface area contributed by atoms with Crippen LogP contribution in [0.3, 0.4) is 0 Å². The van der Waals surface area contributed by atoms with Crippen LogP contribution in [0.5, 0.6) is 6.01 Å². The highest BCUT2D eigenvalue weighted by atomic mass is 16.5.